The molecule has 3 rings (SSSR count). The molecule has 0 aliphatic carbocycles. The number of nitrogens with one attached hydrogen (secondary N) is 1. The van der Waals surface area contributed by atoms with Crippen molar-refractivity contribution < 1.29 is 13.2 Å². The minimum atomic E-state index is -3.31. The number of anilines is 2. The summed E-state index contributed by atoms with van der Waals surface area (Å²) in [6.07, 6.45) is 2.69. The molecule has 0 unspecified atom stereocenters. The van der Waals surface area contributed by atoms with Gasteiger partial charge in [-0.3, -0.25) is 9.10 Å². The zero-order valence-electron chi connectivity index (χ0n) is 14.0. The first-order valence-electron chi connectivity index (χ1n) is 7.94. The summed E-state index contributed by atoms with van der Waals surface area (Å²) in [6, 6.07) is 10.4. The first kappa shape index (κ1) is 17.8. The lowest BCUT2D eigenvalue weighted by molar-refractivity contribution is 0.102. The molecule has 5 nitrogen and oxygen atoms in total. The molecule has 0 bridgehead atoms. The lowest BCUT2D eigenvalue weighted by Gasteiger charge is -2.29. The van der Waals surface area contributed by atoms with Crippen LogP contribution in [0.2, 0.25) is 5.02 Å². The van der Waals surface area contributed by atoms with Crippen molar-refractivity contribution in [2.45, 2.75) is 19.8 Å². The van der Waals surface area contributed by atoms with E-state index in [1.807, 2.05) is 6.92 Å². The van der Waals surface area contributed by atoms with Gasteiger partial charge in [0.05, 0.1) is 11.9 Å². The average molecular weight is 379 g/mol. The third kappa shape index (κ3) is 3.80. The van der Waals surface area contributed by atoms with Crippen LogP contribution in [0, 0.1) is 6.92 Å². The topological polar surface area (TPSA) is 66.5 Å². The van der Waals surface area contributed by atoms with Gasteiger partial charge < -0.3 is 5.32 Å². The highest BCUT2D eigenvalue weighted by atomic mass is 35.5. The molecule has 0 saturated heterocycles. The first-order chi connectivity index (χ1) is 11.8. The summed E-state index contributed by atoms with van der Waals surface area (Å²) in [4.78, 5) is 12.5. The molecule has 1 aliphatic rings. The molecule has 7 heteroatoms. The summed E-state index contributed by atoms with van der Waals surface area (Å²) in [5, 5.41) is 3.49. The Hall–Kier alpha value is -2.05. The zero-order chi connectivity index (χ0) is 18.2. The molecule has 2 aromatic rings. The Labute approximate surface area is 152 Å². The van der Waals surface area contributed by atoms with Crippen LogP contribution in [0.5, 0.6) is 0 Å². The quantitative estimate of drug-likeness (QED) is 0.887. The number of nitrogens with zero attached hydrogens (tertiary/aromatic N) is 1. The number of carbonyl (C=O) groups is 1. The second kappa shape index (κ2) is 6.69. The Morgan fingerprint density at radius 1 is 1.20 bits per heavy atom. The Kier molecular flexibility index (Phi) is 4.75. The predicted molar refractivity (Wildman–Crippen MR) is 101 cm³/mol. The van der Waals surface area contributed by atoms with Crippen molar-refractivity contribution in [3.05, 3.63) is 58.1 Å². The van der Waals surface area contributed by atoms with Crippen LogP contribution in [0.1, 0.15) is 27.9 Å². The number of hydrogen-bond donors (Lipinski definition) is 1. The molecule has 0 fully saturated rings. The van der Waals surface area contributed by atoms with E-state index >= 15 is 0 Å². The summed E-state index contributed by atoms with van der Waals surface area (Å²) in [6.45, 7) is 2.35. The van der Waals surface area contributed by atoms with E-state index in [1.54, 1.807) is 36.4 Å². The Morgan fingerprint density at radius 3 is 2.64 bits per heavy atom. The van der Waals surface area contributed by atoms with E-state index in [0.717, 1.165) is 24.0 Å². The summed E-state index contributed by atoms with van der Waals surface area (Å²) in [7, 11) is -3.31. The van der Waals surface area contributed by atoms with Gasteiger partial charge in [-0.2, -0.15) is 0 Å². The minimum absolute atomic E-state index is 0.232. The van der Waals surface area contributed by atoms with Crippen molar-refractivity contribution in [1.82, 2.24) is 0 Å². The van der Waals surface area contributed by atoms with Gasteiger partial charge in [0.2, 0.25) is 10.0 Å². The molecule has 132 valence electrons. The van der Waals surface area contributed by atoms with E-state index in [2.05, 4.69) is 5.32 Å². The largest absolute Gasteiger partial charge is 0.322 e. The van der Waals surface area contributed by atoms with Gasteiger partial charge in [-0.05, 0) is 67.3 Å². The molecule has 0 atom stereocenters. The number of amides is 1. The highest BCUT2D eigenvalue weighted by Gasteiger charge is 2.24. The molecule has 1 heterocycles. The van der Waals surface area contributed by atoms with Gasteiger partial charge in [0.25, 0.3) is 5.91 Å². The summed E-state index contributed by atoms with van der Waals surface area (Å²) < 4.78 is 25.2. The van der Waals surface area contributed by atoms with Crippen molar-refractivity contribution in [1.29, 1.82) is 0 Å². The summed E-state index contributed by atoms with van der Waals surface area (Å²) in [5.41, 5.74) is 3.61. The van der Waals surface area contributed by atoms with Crippen molar-refractivity contribution in [3.8, 4) is 0 Å². The highest BCUT2D eigenvalue weighted by Crippen LogP contribution is 2.30. The SMILES string of the molecule is Cc1cc(Cl)ccc1NC(=O)c1ccc2c(c1)CCCN2S(C)(=O)=O. The Morgan fingerprint density at radius 2 is 1.96 bits per heavy atom. The second-order valence-corrected chi connectivity index (χ2v) is 8.54. The van der Waals surface area contributed by atoms with Gasteiger partial charge in [-0.1, -0.05) is 11.6 Å². The number of aryl methyl sites for hydroxylation is 2. The van der Waals surface area contributed by atoms with Crippen LogP contribution in [0.4, 0.5) is 11.4 Å². The lowest BCUT2D eigenvalue weighted by atomic mass is 10.0. The third-order valence-electron chi connectivity index (χ3n) is 4.25. The number of benzene rings is 2. The molecule has 2 aromatic carbocycles. The maximum Gasteiger partial charge on any atom is 0.255 e. The molecule has 1 aliphatic heterocycles. The maximum absolute atomic E-state index is 12.5. The van der Waals surface area contributed by atoms with E-state index in [1.165, 1.54) is 10.6 Å². The fourth-order valence-electron chi connectivity index (χ4n) is 3.01. The Bertz CT molecular complexity index is 941. The normalized spacial score (nSPS) is 14.1. The molecule has 1 amide bonds. The molecular formula is C18H19ClN2O3S. The summed E-state index contributed by atoms with van der Waals surface area (Å²) >= 11 is 5.93. The standard InChI is InChI=1S/C18H19ClN2O3S/c1-12-10-15(19)6-7-16(12)20-18(22)14-5-8-17-13(11-14)4-3-9-21(17)25(2,23)24/h5-8,10-11H,3-4,9H2,1-2H3,(H,20,22). The first-order valence-corrected chi connectivity index (χ1v) is 10.2. The fraction of sp³-hybridized carbons (Fsp3) is 0.278. The predicted octanol–water partition coefficient (Wildman–Crippen LogP) is 3.61. The number of rotatable bonds is 3. The smallest absolute Gasteiger partial charge is 0.255 e. The number of halogens is 1. The van der Waals surface area contributed by atoms with Crippen LogP contribution in [-0.4, -0.2) is 27.1 Å². The molecule has 1 N–H and O–H groups in total. The molecule has 25 heavy (non-hydrogen) atoms. The van der Waals surface area contributed by atoms with Crippen LogP contribution in [0.15, 0.2) is 36.4 Å². The van der Waals surface area contributed by atoms with Gasteiger partial charge >= 0.3 is 0 Å². The van der Waals surface area contributed by atoms with Gasteiger partial charge in [-0.25, -0.2) is 8.42 Å². The van der Waals surface area contributed by atoms with Crippen molar-refractivity contribution in [2.24, 2.45) is 0 Å². The number of hydrogen-bond acceptors (Lipinski definition) is 3. The molecule has 0 spiro atoms. The van der Waals surface area contributed by atoms with Crippen LogP contribution in [0.3, 0.4) is 0 Å². The average Bonchev–Trinajstić information content (AvgIpc) is 2.55. The van der Waals surface area contributed by atoms with Crippen molar-refractivity contribution in [2.75, 3.05) is 22.4 Å². The second-order valence-electron chi connectivity index (χ2n) is 6.20. The number of fused-ring (bicyclic) bond motifs is 1. The van der Waals surface area contributed by atoms with E-state index in [9.17, 15) is 13.2 Å². The van der Waals surface area contributed by atoms with Crippen molar-refractivity contribution >= 4 is 38.9 Å². The minimum Gasteiger partial charge on any atom is -0.322 e. The van der Waals surface area contributed by atoms with Gasteiger partial charge in [0, 0.05) is 22.8 Å². The van der Waals surface area contributed by atoms with Crippen LogP contribution < -0.4 is 9.62 Å². The van der Waals surface area contributed by atoms with E-state index in [4.69, 9.17) is 11.6 Å². The lowest BCUT2D eigenvalue weighted by Crippen LogP contribution is -2.34. The van der Waals surface area contributed by atoms with E-state index in [-0.39, 0.29) is 5.91 Å². The molecule has 0 saturated carbocycles. The van der Waals surface area contributed by atoms with Gasteiger partial charge in [0.1, 0.15) is 0 Å². The monoisotopic (exact) mass is 378 g/mol. The molecule has 0 radical (unpaired) electrons. The number of sulfonamides is 1. The van der Waals surface area contributed by atoms with Crippen LogP contribution in [-0.2, 0) is 16.4 Å². The molecular weight excluding hydrogens is 360 g/mol. The Balaban J connectivity index is 1.88. The highest BCUT2D eigenvalue weighted by molar-refractivity contribution is 7.92. The van der Waals surface area contributed by atoms with Crippen molar-refractivity contribution in [3.63, 3.8) is 0 Å². The van der Waals surface area contributed by atoms with Crippen LogP contribution >= 0.6 is 11.6 Å². The van der Waals surface area contributed by atoms with E-state index < -0.39 is 10.0 Å². The number of carbonyl (C=O) groups excluding carboxylic acids is 1. The maximum atomic E-state index is 12.5. The van der Waals surface area contributed by atoms with Gasteiger partial charge in [0.15, 0.2) is 0 Å². The van der Waals surface area contributed by atoms with Crippen LogP contribution in [0.25, 0.3) is 0 Å². The third-order valence-corrected chi connectivity index (χ3v) is 5.67. The molecule has 0 aromatic heterocycles. The zero-order valence-corrected chi connectivity index (χ0v) is 15.6. The van der Waals surface area contributed by atoms with E-state index in [0.29, 0.717) is 28.5 Å². The summed E-state index contributed by atoms with van der Waals surface area (Å²) in [5.74, 6) is -0.232. The van der Waals surface area contributed by atoms with Gasteiger partial charge in [-0.15, -0.1) is 0 Å². The fourth-order valence-corrected chi connectivity index (χ4v) is 4.23.